The SMILES string of the molecule is COc1cccc(CNC(=O)c2cc3n(n2)C[C@@](C)(C(=O)NCCC(C)C)N(C)C3=O)c1OC. The number of nitrogens with zero attached hydrogens (tertiary/aromatic N) is 3. The first kappa shape index (κ1) is 25.1. The van der Waals surface area contributed by atoms with E-state index in [1.165, 1.54) is 22.8 Å². The fourth-order valence-corrected chi connectivity index (χ4v) is 3.86. The highest BCUT2D eigenvalue weighted by atomic mass is 16.5. The molecule has 0 unspecified atom stereocenters. The largest absolute Gasteiger partial charge is 0.493 e. The molecule has 1 aliphatic heterocycles. The molecule has 10 nitrogen and oxygen atoms in total. The number of carbonyl (C=O) groups is 3. The molecule has 2 heterocycles. The fraction of sp³-hybridized carbons (Fsp3) is 0.500. The topological polar surface area (TPSA) is 115 Å². The van der Waals surface area contributed by atoms with Crippen molar-refractivity contribution >= 4 is 17.7 Å². The summed E-state index contributed by atoms with van der Waals surface area (Å²) in [5, 5.41) is 10.1. The first-order valence-electron chi connectivity index (χ1n) is 11.2. The number of para-hydroxylation sites is 1. The van der Waals surface area contributed by atoms with Crippen molar-refractivity contribution in [3.05, 3.63) is 41.2 Å². The second kappa shape index (κ2) is 10.1. The van der Waals surface area contributed by atoms with Crippen LogP contribution in [0.5, 0.6) is 11.5 Å². The Balaban J connectivity index is 1.75. The molecule has 184 valence electrons. The van der Waals surface area contributed by atoms with Crippen molar-refractivity contribution in [3.63, 3.8) is 0 Å². The van der Waals surface area contributed by atoms with E-state index in [0.29, 0.717) is 24.0 Å². The predicted octanol–water partition coefficient (Wildman–Crippen LogP) is 1.84. The van der Waals surface area contributed by atoms with Crippen LogP contribution < -0.4 is 20.1 Å². The Bertz CT molecular complexity index is 1080. The van der Waals surface area contributed by atoms with Crippen LogP contribution in [0.2, 0.25) is 0 Å². The minimum atomic E-state index is -1.12. The number of nitrogens with one attached hydrogen (secondary N) is 2. The molecular formula is C24H33N5O5. The summed E-state index contributed by atoms with van der Waals surface area (Å²) in [5.41, 5.74) is -0.0165. The lowest BCUT2D eigenvalue weighted by Crippen LogP contribution is -2.62. The molecule has 10 heteroatoms. The van der Waals surface area contributed by atoms with Crippen LogP contribution in [-0.4, -0.2) is 65.8 Å². The highest BCUT2D eigenvalue weighted by Gasteiger charge is 2.46. The molecule has 3 amide bonds. The molecule has 0 spiro atoms. The summed E-state index contributed by atoms with van der Waals surface area (Å²) >= 11 is 0. The number of likely N-dealkylation sites (N-methyl/N-ethyl adjacent to an activating group) is 1. The van der Waals surface area contributed by atoms with E-state index in [2.05, 4.69) is 29.6 Å². The molecule has 34 heavy (non-hydrogen) atoms. The molecular weight excluding hydrogens is 438 g/mol. The normalized spacial score (nSPS) is 17.4. The predicted molar refractivity (Wildman–Crippen MR) is 126 cm³/mol. The van der Waals surface area contributed by atoms with Crippen LogP contribution in [0.3, 0.4) is 0 Å². The van der Waals surface area contributed by atoms with Crippen LogP contribution in [-0.2, 0) is 17.9 Å². The van der Waals surface area contributed by atoms with Crippen LogP contribution in [0.4, 0.5) is 0 Å². The lowest BCUT2D eigenvalue weighted by molar-refractivity contribution is -0.132. The van der Waals surface area contributed by atoms with Gasteiger partial charge in [0.05, 0.1) is 20.8 Å². The first-order valence-corrected chi connectivity index (χ1v) is 11.2. The summed E-state index contributed by atoms with van der Waals surface area (Å²) in [6.45, 7) is 6.73. The summed E-state index contributed by atoms with van der Waals surface area (Å²) in [5.74, 6) is 0.492. The number of carbonyl (C=O) groups excluding carboxylic acids is 3. The molecule has 0 saturated heterocycles. The van der Waals surface area contributed by atoms with E-state index in [9.17, 15) is 14.4 Å². The summed E-state index contributed by atoms with van der Waals surface area (Å²) in [7, 11) is 4.67. The van der Waals surface area contributed by atoms with Crippen molar-refractivity contribution in [2.45, 2.75) is 45.8 Å². The summed E-state index contributed by atoms with van der Waals surface area (Å²) in [6, 6.07) is 6.85. The molecule has 1 aromatic heterocycles. The number of ether oxygens (including phenoxy) is 2. The van der Waals surface area contributed by atoms with Crippen molar-refractivity contribution in [2.24, 2.45) is 5.92 Å². The minimum Gasteiger partial charge on any atom is -0.493 e. The van der Waals surface area contributed by atoms with Crippen LogP contribution >= 0.6 is 0 Å². The summed E-state index contributed by atoms with van der Waals surface area (Å²) in [6.07, 6.45) is 0.842. The van der Waals surface area contributed by atoms with Crippen LogP contribution in [0.25, 0.3) is 0 Å². The van der Waals surface area contributed by atoms with E-state index in [1.807, 2.05) is 6.07 Å². The van der Waals surface area contributed by atoms with E-state index in [-0.39, 0.29) is 36.3 Å². The Morgan fingerprint density at radius 2 is 1.94 bits per heavy atom. The molecule has 1 atom stereocenters. The number of benzene rings is 1. The maximum absolute atomic E-state index is 13.0. The average Bonchev–Trinajstić information content (AvgIpc) is 3.24. The van der Waals surface area contributed by atoms with Crippen molar-refractivity contribution in [2.75, 3.05) is 27.8 Å². The highest BCUT2D eigenvalue weighted by Crippen LogP contribution is 2.30. The first-order chi connectivity index (χ1) is 16.1. The van der Waals surface area contributed by atoms with Crippen molar-refractivity contribution in [1.29, 1.82) is 0 Å². The Labute approximate surface area is 199 Å². The molecule has 0 aliphatic carbocycles. The van der Waals surface area contributed by atoms with Gasteiger partial charge in [-0.3, -0.25) is 19.1 Å². The number of hydrogen-bond donors (Lipinski definition) is 2. The number of rotatable bonds is 9. The summed E-state index contributed by atoms with van der Waals surface area (Å²) < 4.78 is 12.1. The van der Waals surface area contributed by atoms with E-state index >= 15 is 0 Å². The molecule has 2 N–H and O–H groups in total. The lowest BCUT2D eigenvalue weighted by Gasteiger charge is -2.40. The van der Waals surface area contributed by atoms with Gasteiger partial charge in [-0.15, -0.1) is 0 Å². The van der Waals surface area contributed by atoms with Crippen LogP contribution in [0.15, 0.2) is 24.3 Å². The molecule has 2 aromatic rings. The smallest absolute Gasteiger partial charge is 0.272 e. The number of methoxy groups -OCH3 is 2. The van der Waals surface area contributed by atoms with Crippen molar-refractivity contribution < 1.29 is 23.9 Å². The second-order valence-electron chi connectivity index (χ2n) is 8.98. The Morgan fingerprint density at radius 1 is 1.21 bits per heavy atom. The Morgan fingerprint density at radius 3 is 2.59 bits per heavy atom. The van der Waals surface area contributed by atoms with Crippen LogP contribution in [0, 0.1) is 5.92 Å². The average molecular weight is 472 g/mol. The third-order valence-electron chi connectivity index (χ3n) is 6.15. The van der Waals surface area contributed by atoms with Gasteiger partial charge in [-0.25, -0.2) is 0 Å². The lowest BCUT2D eigenvalue weighted by atomic mass is 9.95. The Hall–Kier alpha value is -3.56. The number of hydrogen-bond acceptors (Lipinski definition) is 6. The van der Waals surface area contributed by atoms with Gasteiger partial charge in [0.25, 0.3) is 11.8 Å². The Kier molecular flexibility index (Phi) is 7.48. The van der Waals surface area contributed by atoms with Gasteiger partial charge >= 0.3 is 0 Å². The molecule has 1 aliphatic rings. The van der Waals surface area contributed by atoms with Crippen LogP contribution in [0.1, 0.15) is 53.7 Å². The third kappa shape index (κ3) is 4.85. The fourth-order valence-electron chi connectivity index (χ4n) is 3.86. The minimum absolute atomic E-state index is 0.100. The van der Waals surface area contributed by atoms with E-state index < -0.39 is 11.4 Å². The standard InChI is InChI=1S/C24H33N5O5/c1-15(2)10-11-25-23(32)24(3)14-29-18(22(31)28(24)4)12-17(27-29)21(30)26-13-16-8-7-9-19(33-5)20(16)34-6/h7-9,12,15H,10-11,13-14H2,1-6H3,(H,25,32)(H,26,30)/t24-/m0/s1. The van der Waals surface area contributed by atoms with Gasteiger partial charge in [-0.2, -0.15) is 5.10 Å². The second-order valence-corrected chi connectivity index (χ2v) is 8.98. The van der Waals surface area contributed by atoms with E-state index in [4.69, 9.17) is 9.47 Å². The molecule has 3 rings (SSSR count). The molecule has 0 saturated carbocycles. The number of amides is 3. The van der Waals surface area contributed by atoms with E-state index in [1.54, 1.807) is 33.2 Å². The maximum Gasteiger partial charge on any atom is 0.272 e. The molecule has 0 radical (unpaired) electrons. The zero-order chi connectivity index (χ0) is 25.0. The van der Waals surface area contributed by atoms with Crippen molar-refractivity contribution in [1.82, 2.24) is 25.3 Å². The van der Waals surface area contributed by atoms with Gasteiger partial charge in [0, 0.05) is 31.8 Å². The van der Waals surface area contributed by atoms with E-state index in [0.717, 1.165) is 12.0 Å². The zero-order valence-corrected chi connectivity index (χ0v) is 20.6. The van der Waals surface area contributed by atoms with Gasteiger partial charge in [-0.1, -0.05) is 26.0 Å². The number of fused-ring (bicyclic) bond motifs is 1. The summed E-state index contributed by atoms with van der Waals surface area (Å²) in [4.78, 5) is 40.2. The monoisotopic (exact) mass is 471 g/mol. The maximum atomic E-state index is 13.0. The molecule has 0 bridgehead atoms. The molecule has 0 fully saturated rings. The van der Waals surface area contributed by atoms with Crippen molar-refractivity contribution in [3.8, 4) is 11.5 Å². The van der Waals surface area contributed by atoms with Gasteiger partial charge in [0.15, 0.2) is 17.2 Å². The van der Waals surface area contributed by atoms with Gasteiger partial charge in [0.2, 0.25) is 5.91 Å². The molecule has 1 aromatic carbocycles. The number of aromatic nitrogens is 2. The van der Waals surface area contributed by atoms with Gasteiger partial charge in [-0.05, 0) is 25.3 Å². The zero-order valence-electron chi connectivity index (χ0n) is 20.6. The third-order valence-corrected chi connectivity index (χ3v) is 6.15. The van der Waals surface area contributed by atoms with Gasteiger partial charge < -0.3 is 25.0 Å². The highest BCUT2D eigenvalue weighted by molar-refractivity contribution is 6.01. The van der Waals surface area contributed by atoms with Gasteiger partial charge in [0.1, 0.15) is 11.2 Å². The quantitative estimate of drug-likeness (QED) is 0.577.